The summed E-state index contributed by atoms with van der Waals surface area (Å²) in [5.41, 5.74) is 1.20. The zero-order chi connectivity index (χ0) is 13.4. The fourth-order valence-corrected chi connectivity index (χ4v) is 3.46. The molecule has 1 aromatic carbocycles. The van der Waals surface area contributed by atoms with Crippen molar-refractivity contribution in [2.75, 3.05) is 19.7 Å². The fraction of sp³-hybridized carbons (Fsp3) is 0.600. The van der Waals surface area contributed by atoms with Crippen LogP contribution in [0, 0.1) is 5.92 Å². The van der Waals surface area contributed by atoms with Gasteiger partial charge in [-0.3, -0.25) is 4.90 Å². The first-order chi connectivity index (χ1) is 9.17. The van der Waals surface area contributed by atoms with Gasteiger partial charge in [0, 0.05) is 24.0 Å². The third-order valence-corrected chi connectivity index (χ3v) is 4.62. The fourth-order valence-electron chi connectivity index (χ4n) is 3.26. The highest BCUT2D eigenvalue weighted by atomic mass is 35.5. The van der Waals surface area contributed by atoms with Crippen LogP contribution in [0.25, 0.3) is 0 Å². The minimum Gasteiger partial charge on any atom is -0.488 e. The zero-order valence-electron chi connectivity index (χ0n) is 11.2. The summed E-state index contributed by atoms with van der Waals surface area (Å²) in [5.74, 6) is 1.53. The molecule has 1 fully saturated rings. The second-order valence-corrected chi connectivity index (χ2v) is 6.14. The Labute approximate surface area is 119 Å². The third kappa shape index (κ3) is 2.60. The second kappa shape index (κ2) is 5.31. The first-order valence-electron chi connectivity index (χ1n) is 6.97. The van der Waals surface area contributed by atoms with Gasteiger partial charge in [-0.15, -0.1) is 0 Å². The van der Waals surface area contributed by atoms with Crippen LogP contribution in [0.15, 0.2) is 18.2 Å². The number of ether oxygens (including phenoxy) is 1. The lowest BCUT2D eigenvalue weighted by Crippen LogP contribution is -2.41. The minimum absolute atomic E-state index is 0.188. The maximum Gasteiger partial charge on any atom is 0.123 e. The van der Waals surface area contributed by atoms with Gasteiger partial charge in [0.25, 0.3) is 0 Å². The molecule has 19 heavy (non-hydrogen) atoms. The topological polar surface area (TPSA) is 32.7 Å². The Morgan fingerprint density at radius 2 is 2.32 bits per heavy atom. The van der Waals surface area contributed by atoms with E-state index >= 15 is 0 Å². The van der Waals surface area contributed by atoms with Crippen molar-refractivity contribution in [3.8, 4) is 5.75 Å². The summed E-state index contributed by atoms with van der Waals surface area (Å²) in [4.78, 5) is 2.36. The molecule has 2 aliphatic heterocycles. The van der Waals surface area contributed by atoms with E-state index in [2.05, 4.69) is 11.8 Å². The van der Waals surface area contributed by atoms with Gasteiger partial charge in [0.2, 0.25) is 0 Å². The molecule has 2 heterocycles. The summed E-state index contributed by atoms with van der Waals surface area (Å²) in [5, 5.41) is 10.3. The number of halogens is 1. The number of aliphatic hydroxyl groups excluding tert-OH is 1. The lowest BCUT2D eigenvalue weighted by Gasteiger charge is -2.27. The van der Waals surface area contributed by atoms with Gasteiger partial charge in [0.1, 0.15) is 11.9 Å². The molecule has 0 saturated carbocycles. The van der Waals surface area contributed by atoms with Crippen LogP contribution in [0.1, 0.15) is 18.9 Å². The monoisotopic (exact) mass is 281 g/mol. The Morgan fingerprint density at radius 1 is 1.47 bits per heavy atom. The van der Waals surface area contributed by atoms with Crippen molar-refractivity contribution in [1.82, 2.24) is 4.90 Å². The van der Waals surface area contributed by atoms with Gasteiger partial charge in [-0.1, -0.05) is 18.5 Å². The lowest BCUT2D eigenvalue weighted by atomic mass is 10.0. The number of fused-ring (bicyclic) bond motifs is 1. The smallest absolute Gasteiger partial charge is 0.123 e. The van der Waals surface area contributed by atoms with Crippen molar-refractivity contribution in [2.45, 2.75) is 31.9 Å². The summed E-state index contributed by atoms with van der Waals surface area (Å²) in [7, 11) is 0. The molecular weight excluding hydrogens is 262 g/mol. The molecule has 104 valence electrons. The van der Waals surface area contributed by atoms with Gasteiger partial charge in [0.15, 0.2) is 0 Å². The summed E-state index contributed by atoms with van der Waals surface area (Å²) >= 11 is 6.01. The highest BCUT2D eigenvalue weighted by Gasteiger charge is 2.34. The number of hydrogen-bond acceptors (Lipinski definition) is 3. The summed E-state index contributed by atoms with van der Waals surface area (Å²) in [6, 6.07) is 6.11. The summed E-state index contributed by atoms with van der Waals surface area (Å²) in [6.45, 7) is 4.41. The molecule has 3 unspecified atom stereocenters. The van der Waals surface area contributed by atoms with Crippen molar-refractivity contribution in [2.24, 2.45) is 5.92 Å². The van der Waals surface area contributed by atoms with Crippen molar-refractivity contribution < 1.29 is 9.84 Å². The van der Waals surface area contributed by atoms with E-state index in [0.29, 0.717) is 5.92 Å². The van der Waals surface area contributed by atoms with E-state index in [1.807, 2.05) is 18.2 Å². The van der Waals surface area contributed by atoms with Crippen molar-refractivity contribution in [3.05, 3.63) is 28.8 Å². The predicted octanol–water partition coefficient (Wildman–Crippen LogP) is 2.35. The van der Waals surface area contributed by atoms with Crippen LogP contribution in [0.3, 0.4) is 0 Å². The Bertz CT molecular complexity index is 465. The van der Waals surface area contributed by atoms with Gasteiger partial charge in [-0.25, -0.2) is 0 Å². The normalized spacial score (nSPS) is 30.4. The van der Waals surface area contributed by atoms with Gasteiger partial charge < -0.3 is 9.84 Å². The highest BCUT2D eigenvalue weighted by molar-refractivity contribution is 6.30. The van der Waals surface area contributed by atoms with E-state index in [1.54, 1.807) is 0 Å². The highest BCUT2D eigenvalue weighted by Crippen LogP contribution is 2.32. The molecule has 1 aromatic rings. The van der Waals surface area contributed by atoms with Crippen molar-refractivity contribution in [1.29, 1.82) is 0 Å². The predicted molar refractivity (Wildman–Crippen MR) is 75.8 cm³/mol. The Balaban J connectivity index is 1.64. The number of nitrogens with zero attached hydrogens (tertiary/aromatic N) is 1. The minimum atomic E-state index is 0.188. The number of likely N-dealkylation sites (tertiary alicyclic amines) is 1. The molecule has 0 bridgehead atoms. The van der Waals surface area contributed by atoms with Gasteiger partial charge in [-0.2, -0.15) is 0 Å². The third-order valence-electron chi connectivity index (χ3n) is 4.39. The van der Waals surface area contributed by atoms with Gasteiger partial charge in [-0.05, 0) is 42.6 Å². The van der Waals surface area contributed by atoms with Crippen molar-refractivity contribution >= 4 is 11.6 Å². The van der Waals surface area contributed by atoms with Crippen LogP contribution in [0.5, 0.6) is 5.75 Å². The molecule has 3 atom stereocenters. The van der Waals surface area contributed by atoms with Crippen LogP contribution < -0.4 is 4.74 Å². The van der Waals surface area contributed by atoms with Crippen LogP contribution >= 0.6 is 11.6 Å². The molecule has 0 aliphatic carbocycles. The molecule has 4 heteroatoms. The van der Waals surface area contributed by atoms with Crippen LogP contribution in [0.4, 0.5) is 0 Å². The van der Waals surface area contributed by atoms with Crippen molar-refractivity contribution in [3.63, 3.8) is 0 Å². The molecule has 1 N–H and O–H groups in total. The van der Waals surface area contributed by atoms with E-state index in [-0.39, 0.29) is 18.8 Å². The zero-order valence-corrected chi connectivity index (χ0v) is 11.9. The maximum atomic E-state index is 9.49. The Hall–Kier alpha value is -0.770. The Morgan fingerprint density at radius 3 is 3.11 bits per heavy atom. The molecule has 0 spiro atoms. The summed E-state index contributed by atoms with van der Waals surface area (Å²) in [6.07, 6.45) is 2.27. The van der Waals surface area contributed by atoms with Gasteiger partial charge >= 0.3 is 0 Å². The maximum absolute atomic E-state index is 9.49. The molecule has 0 radical (unpaired) electrons. The van der Waals surface area contributed by atoms with Crippen LogP contribution in [-0.4, -0.2) is 41.8 Å². The number of rotatable bonds is 3. The van der Waals surface area contributed by atoms with Crippen LogP contribution in [0.2, 0.25) is 5.02 Å². The van der Waals surface area contributed by atoms with E-state index < -0.39 is 0 Å². The quantitative estimate of drug-likeness (QED) is 0.923. The molecule has 3 rings (SSSR count). The molecule has 1 saturated heterocycles. The molecule has 2 aliphatic rings. The first kappa shape index (κ1) is 13.2. The standard InChI is InChI=1S/C15H20ClNO2/c1-10-4-5-17(14(10)9-18)8-13-7-11-6-12(16)2-3-15(11)19-13/h2-3,6,10,13-14,18H,4-5,7-9H2,1H3. The molecular formula is C15H20ClNO2. The van der Waals surface area contributed by atoms with E-state index in [9.17, 15) is 5.11 Å². The SMILES string of the molecule is CC1CCN(CC2Cc3cc(Cl)ccc3O2)C1CO. The second-order valence-electron chi connectivity index (χ2n) is 5.71. The molecule has 0 aromatic heterocycles. The molecule has 3 nitrogen and oxygen atoms in total. The van der Waals surface area contributed by atoms with Crippen LogP contribution in [-0.2, 0) is 6.42 Å². The van der Waals surface area contributed by atoms with E-state index in [4.69, 9.17) is 16.3 Å². The molecule has 0 amide bonds. The largest absolute Gasteiger partial charge is 0.488 e. The average molecular weight is 282 g/mol. The van der Waals surface area contributed by atoms with E-state index in [0.717, 1.165) is 36.7 Å². The summed E-state index contributed by atoms with van der Waals surface area (Å²) < 4.78 is 5.97. The van der Waals surface area contributed by atoms with E-state index in [1.165, 1.54) is 5.56 Å². The average Bonchev–Trinajstić information content (AvgIpc) is 2.92. The first-order valence-corrected chi connectivity index (χ1v) is 7.35. The Kier molecular flexibility index (Phi) is 3.70. The number of benzene rings is 1. The van der Waals surface area contributed by atoms with Gasteiger partial charge in [0.05, 0.1) is 6.61 Å². The number of hydrogen-bond donors (Lipinski definition) is 1. The lowest BCUT2D eigenvalue weighted by molar-refractivity contribution is 0.0973. The number of aliphatic hydroxyl groups is 1.